The number of carbonyl (C=O) groups is 2. The lowest BCUT2D eigenvalue weighted by Crippen LogP contribution is -2.45. The van der Waals surface area contributed by atoms with E-state index in [9.17, 15) is 14.7 Å². The van der Waals surface area contributed by atoms with Gasteiger partial charge in [0.2, 0.25) is 0 Å². The number of carboxylic acids is 1. The van der Waals surface area contributed by atoms with Gasteiger partial charge < -0.3 is 9.84 Å². The van der Waals surface area contributed by atoms with Crippen molar-refractivity contribution in [2.45, 2.75) is 67.7 Å². The smallest absolute Gasteiger partial charge is 0.312 e. The van der Waals surface area contributed by atoms with Crippen molar-refractivity contribution in [3.05, 3.63) is 0 Å². The number of hydrogen-bond donors (Lipinski definition) is 1. The maximum atomic E-state index is 12.8. The van der Waals surface area contributed by atoms with E-state index in [0.29, 0.717) is 25.9 Å². The Morgan fingerprint density at radius 1 is 1.00 bits per heavy atom. The minimum Gasteiger partial charge on any atom is -0.481 e. The lowest BCUT2D eigenvalue weighted by Gasteiger charge is -2.38. The Kier molecular flexibility index (Phi) is 8.72. The summed E-state index contributed by atoms with van der Waals surface area (Å²) in [5, 5.41) is 9.72. The van der Waals surface area contributed by atoms with Crippen LogP contribution in [0.4, 0.5) is 0 Å². The second-order valence-electron chi connectivity index (χ2n) is 7.62. The number of aliphatic carboxylic acids is 1. The van der Waals surface area contributed by atoms with E-state index in [1.165, 1.54) is 0 Å². The lowest BCUT2D eigenvalue weighted by molar-refractivity contribution is -0.171. The summed E-state index contributed by atoms with van der Waals surface area (Å²) >= 11 is 0. The van der Waals surface area contributed by atoms with Crippen molar-refractivity contribution in [1.82, 2.24) is 0 Å². The van der Waals surface area contributed by atoms with Crippen molar-refractivity contribution in [2.24, 2.45) is 29.1 Å². The number of esters is 1. The topological polar surface area (TPSA) is 63.6 Å². The zero-order chi connectivity index (χ0) is 17.5. The second-order valence-corrected chi connectivity index (χ2v) is 7.62. The van der Waals surface area contributed by atoms with Gasteiger partial charge in [0.25, 0.3) is 0 Å². The van der Waals surface area contributed by atoms with Gasteiger partial charge in [0.1, 0.15) is 0 Å². The van der Waals surface area contributed by atoms with Gasteiger partial charge in [0.05, 0.1) is 17.9 Å². The molecular weight excluding hydrogens is 280 g/mol. The number of ether oxygens (including phenoxy) is 1. The number of carboxylic acid groups (broad SMARTS) is 1. The van der Waals surface area contributed by atoms with Crippen LogP contribution in [0.25, 0.3) is 0 Å². The quantitative estimate of drug-likeness (QED) is 0.608. The molecule has 0 radical (unpaired) electrons. The van der Waals surface area contributed by atoms with E-state index in [2.05, 4.69) is 0 Å². The van der Waals surface area contributed by atoms with Crippen LogP contribution in [0, 0.1) is 29.1 Å². The van der Waals surface area contributed by atoms with E-state index < -0.39 is 17.3 Å². The second kappa shape index (κ2) is 9.16. The molecule has 0 aliphatic rings. The SMILES string of the molecule is CCC(CC(C)C)(C(=O)OCC(C)C)C(CC(C)C)C(=O)O. The van der Waals surface area contributed by atoms with Crippen molar-refractivity contribution in [1.29, 1.82) is 0 Å². The van der Waals surface area contributed by atoms with Gasteiger partial charge in [-0.2, -0.15) is 0 Å². The van der Waals surface area contributed by atoms with Gasteiger partial charge >= 0.3 is 11.9 Å². The van der Waals surface area contributed by atoms with Gasteiger partial charge in [0, 0.05) is 0 Å². The van der Waals surface area contributed by atoms with Crippen LogP contribution in [0.1, 0.15) is 67.7 Å². The maximum Gasteiger partial charge on any atom is 0.312 e. The van der Waals surface area contributed by atoms with Crippen molar-refractivity contribution < 1.29 is 19.4 Å². The summed E-state index contributed by atoms with van der Waals surface area (Å²) in [6.07, 6.45) is 1.53. The van der Waals surface area contributed by atoms with E-state index >= 15 is 0 Å². The van der Waals surface area contributed by atoms with Crippen LogP contribution in [0.3, 0.4) is 0 Å². The molecule has 2 atom stereocenters. The average molecular weight is 314 g/mol. The number of carbonyl (C=O) groups excluding carboxylic acids is 1. The normalized spacial score (nSPS) is 15.9. The molecule has 0 bridgehead atoms. The fourth-order valence-corrected chi connectivity index (χ4v) is 3.05. The van der Waals surface area contributed by atoms with E-state index in [1.54, 1.807) is 0 Å². The van der Waals surface area contributed by atoms with Crippen LogP contribution in [-0.2, 0) is 14.3 Å². The van der Waals surface area contributed by atoms with Gasteiger partial charge in [-0.1, -0.05) is 48.5 Å². The summed E-state index contributed by atoms with van der Waals surface area (Å²) in [4.78, 5) is 24.6. The van der Waals surface area contributed by atoms with E-state index in [1.807, 2.05) is 48.5 Å². The molecule has 2 unspecified atom stereocenters. The van der Waals surface area contributed by atoms with Crippen LogP contribution in [-0.4, -0.2) is 23.7 Å². The third-order valence-electron chi connectivity index (χ3n) is 4.03. The highest BCUT2D eigenvalue weighted by Gasteiger charge is 2.49. The lowest BCUT2D eigenvalue weighted by atomic mass is 9.66. The van der Waals surface area contributed by atoms with Crippen LogP contribution in [0.15, 0.2) is 0 Å². The maximum absolute atomic E-state index is 12.8. The van der Waals surface area contributed by atoms with Crippen LogP contribution >= 0.6 is 0 Å². The Morgan fingerprint density at radius 3 is 1.86 bits per heavy atom. The fourth-order valence-electron chi connectivity index (χ4n) is 3.05. The molecule has 0 aliphatic heterocycles. The first-order valence-corrected chi connectivity index (χ1v) is 8.46. The molecule has 130 valence electrons. The zero-order valence-corrected chi connectivity index (χ0v) is 15.3. The molecule has 0 rings (SSSR count). The Hall–Kier alpha value is -1.06. The molecule has 0 fully saturated rings. The van der Waals surface area contributed by atoms with Crippen LogP contribution in [0.2, 0.25) is 0 Å². The molecule has 0 aromatic carbocycles. The summed E-state index contributed by atoms with van der Waals surface area (Å²) in [5.41, 5.74) is -0.931. The Balaban J connectivity index is 5.61. The minimum atomic E-state index is -0.931. The Labute approximate surface area is 135 Å². The first-order valence-electron chi connectivity index (χ1n) is 8.46. The predicted molar refractivity (Wildman–Crippen MR) is 88.6 cm³/mol. The first kappa shape index (κ1) is 20.9. The molecule has 1 N–H and O–H groups in total. The van der Waals surface area contributed by atoms with Crippen LogP contribution in [0.5, 0.6) is 0 Å². The molecule has 0 saturated carbocycles. The van der Waals surface area contributed by atoms with Gasteiger partial charge in [0.15, 0.2) is 0 Å². The molecule has 4 nitrogen and oxygen atoms in total. The third-order valence-corrected chi connectivity index (χ3v) is 4.03. The zero-order valence-electron chi connectivity index (χ0n) is 15.3. The predicted octanol–water partition coefficient (Wildman–Crippen LogP) is 4.38. The summed E-state index contributed by atoms with van der Waals surface area (Å²) in [6, 6.07) is 0. The molecule has 0 heterocycles. The Bertz CT molecular complexity index is 360. The van der Waals surface area contributed by atoms with Crippen molar-refractivity contribution >= 4 is 11.9 Å². The largest absolute Gasteiger partial charge is 0.481 e. The molecule has 0 saturated heterocycles. The molecule has 0 aromatic rings. The van der Waals surface area contributed by atoms with Gasteiger partial charge in [-0.3, -0.25) is 9.59 Å². The third kappa shape index (κ3) is 5.98. The monoisotopic (exact) mass is 314 g/mol. The summed E-state index contributed by atoms with van der Waals surface area (Å²) in [7, 11) is 0. The summed E-state index contributed by atoms with van der Waals surface area (Å²) in [6.45, 7) is 14.2. The number of hydrogen-bond acceptors (Lipinski definition) is 3. The first-order chi connectivity index (χ1) is 10.1. The van der Waals surface area contributed by atoms with E-state index in [4.69, 9.17) is 4.74 Å². The average Bonchev–Trinajstić information content (AvgIpc) is 2.38. The van der Waals surface area contributed by atoms with Crippen LogP contribution < -0.4 is 0 Å². The Morgan fingerprint density at radius 2 is 1.55 bits per heavy atom. The molecule has 0 aromatic heterocycles. The number of rotatable bonds is 10. The highest BCUT2D eigenvalue weighted by molar-refractivity contribution is 5.84. The van der Waals surface area contributed by atoms with E-state index in [-0.39, 0.29) is 23.7 Å². The molecule has 4 heteroatoms. The van der Waals surface area contributed by atoms with Gasteiger partial charge in [-0.25, -0.2) is 0 Å². The van der Waals surface area contributed by atoms with Crippen molar-refractivity contribution in [3.63, 3.8) is 0 Å². The minimum absolute atomic E-state index is 0.220. The fraction of sp³-hybridized carbons (Fsp3) is 0.889. The van der Waals surface area contributed by atoms with Gasteiger partial charge in [-0.15, -0.1) is 0 Å². The van der Waals surface area contributed by atoms with Crippen molar-refractivity contribution in [3.8, 4) is 0 Å². The van der Waals surface area contributed by atoms with E-state index in [0.717, 1.165) is 0 Å². The van der Waals surface area contributed by atoms with Crippen molar-refractivity contribution in [2.75, 3.05) is 6.61 Å². The molecule has 0 aliphatic carbocycles. The summed E-state index contributed by atoms with van der Waals surface area (Å²) in [5.74, 6) is -1.23. The van der Waals surface area contributed by atoms with Gasteiger partial charge in [-0.05, 0) is 37.0 Å². The molecule has 0 amide bonds. The molecular formula is C18H34O4. The molecule has 0 spiro atoms. The highest BCUT2D eigenvalue weighted by atomic mass is 16.5. The standard InChI is InChI=1S/C18H34O4/c1-8-18(10-13(4)5,17(21)22-11-14(6)7)15(16(19)20)9-12(2)3/h12-15H,8-11H2,1-7H3,(H,19,20). The summed E-state index contributed by atoms with van der Waals surface area (Å²) < 4.78 is 5.47. The molecule has 22 heavy (non-hydrogen) atoms. The highest BCUT2D eigenvalue weighted by Crippen LogP contribution is 2.43.